The maximum atomic E-state index is 12.7. The Hall–Kier alpha value is -2.61. The molecular formula is C22H33N5O3. The maximum Gasteiger partial charge on any atom is 0.408 e. The standard InChI is InChI=1S/C22H33N5O3/c1-15-7-8-27-18(16(2)23-19(27)13-15)14-25-9-11-26(12-10-25)20(28)17(3)24-21(29)30-22(4,5)6/h7-8,13,17H,9-12,14H2,1-6H3,(H,24,29). The van der Waals surface area contributed by atoms with Crippen molar-refractivity contribution in [1.29, 1.82) is 0 Å². The molecule has 1 atom stereocenters. The van der Waals surface area contributed by atoms with Crippen LogP contribution in [0.2, 0.25) is 0 Å². The van der Waals surface area contributed by atoms with Crippen molar-refractivity contribution in [2.24, 2.45) is 0 Å². The van der Waals surface area contributed by atoms with Crippen LogP contribution in [0.1, 0.15) is 44.6 Å². The van der Waals surface area contributed by atoms with E-state index in [0.717, 1.165) is 31.0 Å². The largest absolute Gasteiger partial charge is 0.444 e. The van der Waals surface area contributed by atoms with E-state index in [-0.39, 0.29) is 5.91 Å². The molecule has 2 aromatic rings. The predicted octanol–water partition coefficient (Wildman–Crippen LogP) is 2.51. The normalized spacial score (nSPS) is 16.5. The van der Waals surface area contributed by atoms with Crippen LogP contribution < -0.4 is 5.32 Å². The summed E-state index contributed by atoms with van der Waals surface area (Å²) >= 11 is 0. The third-order valence-corrected chi connectivity index (χ3v) is 5.24. The van der Waals surface area contributed by atoms with Gasteiger partial charge in [-0.3, -0.25) is 9.69 Å². The lowest BCUT2D eigenvalue weighted by Gasteiger charge is -2.36. The van der Waals surface area contributed by atoms with Gasteiger partial charge in [0.2, 0.25) is 5.91 Å². The number of hydrogen-bond acceptors (Lipinski definition) is 5. The van der Waals surface area contributed by atoms with Crippen LogP contribution >= 0.6 is 0 Å². The van der Waals surface area contributed by atoms with Crippen LogP contribution in [-0.4, -0.2) is 69.0 Å². The van der Waals surface area contributed by atoms with Crippen molar-refractivity contribution in [1.82, 2.24) is 24.5 Å². The van der Waals surface area contributed by atoms with Crippen LogP contribution in [0, 0.1) is 13.8 Å². The smallest absolute Gasteiger partial charge is 0.408 e. The molecule has 0 aromatic carbocycles. The predicted molar refractivity (Wildman–Crippen MR) is 115 cm³/mol. The highest BCUT2D eigenvalue weighted by Gasteiger charge is 2.28. The van der Waals surface area contributed by atoms with E-state index in [9.17, 15) is 9.59 Å². The highest BCUT2D eigenvalue weighted by Crippen LogP contribution is 2.17. The number of amides is 2. The van der Waals surface area contributed by atoms with Crippen molar-refractivity contribution in [3.8, 4) is 0 Å². The van der Waals surface area contributed by atoms with Gasteiger partial charge in [0, 0.05) is 38.9 Å². The van der Waals surface area contributed by atoms with Crippen LogP contribution in [0.4, 0.5) is 4.79 Å². The van der Waals surface area contributed by atoms with Gasteiger partial charge in [-0.05, 0) is 59.2 Å². The molecule has 0 saturated carbocycles. The number of ether oxygens (including phenoxy) is 1. The van der Waals surface area contributed by atoms with Crippen LogP contribution in [0.5, 0.6) is 0 Å². The van der Waals surface area contributed by atoms with Gasteiger partial charge in [-0.25, -0.2) is 9.78 Å². The number of rotatable bonds is 4. The van der Waals surface area contributed by atoms with Gasteiger partial charge in [-0.1, -0.05) is 0 Å². The van der Waals surface area contributed by atoms with Crippen LogP contribution in [0.25, 0.3) is 5.65 Å². The summed E-state index contributed by atoms with van der Waals surface area (Å²) < 4.78 is 7.38. The molecule has 0 aliphatic carbocycles. The zero-order valence-corrected chi connectivity index (χ0v) is 18.9. The van der Waals surface area contributed by atoms with Gasteiger partial charge < -0.3 is 19.4 Å². The first-order valence-electron chi connectivity index (χ1n) is 10.5. The molecule has 0 bridgehead atoms. The molecule has 164 valence electrons. The number of hydrogen-bond donors (Lipinski definition) is 1. The van der Waals surface area contributed by atoms with Crippen molar-refractivity contribution in [2.75, 3.05) is 26.2 Å². The number of nitrogens with zero attached hydrogens (tertiary/aromatic N) is 4. The second kappa shape index (κ2) is 8.63. The quantitative estimate of drug-likeness (QED) is 0.830. The Bertz CT molecular complexity index is 923. The number of aromatic nitrogens is 2. The summed E-state index contributed by atoms with van der Waals surface area (Å²) in [4.78, 5) is 33.5. The van der Waals surface area contributed by atoms with Crippen LogP contribution in [0.15, 0.2) is 18.3 Å². The van der Waals surface area contributed by atoms with Crippen molar-refractivity contribution < 1.29 is 14.3 Å². The first-order chi connectivity index (χ1) is 14.0. The molecule has 1 N–H and O–H groups in total. The summed E-state index contributed by atoms with van der Waals surface area (Å²) in [5.74, 6) is -0.0815. The Kier molecular flexibility index (Phi) is 6.36. The second-order valence-corrected chi connectivity index (χ2v) is 9.05. The number of fused-ring (bicyclic) bond motifs is 1. The Morgan fingerprint density at radius 2 is 1.87 bits per heavy atom. The summed E-state index contributed by atoms with van der Waals surface area (Å²) in [7, 11) is 0. The number of carbonyl (C=O) groups is 2. The van der Waals surface area contributed by atoms with Gasteiger partial charge in [0.15, 0.2) is 0 Å². The fourth-order valence-electron chi connectivity index (χ4n) is 3.66. The maximum absolute atomic E-state index is 12.7. The summed E-state index contributed by atoms with van der Waals surface area (Å²) in [5, 5.41) is 2.64. The van der Waals surface area contributed by atoms with Gasteiger partial charge in [-0.15, -0.1) is 0 Å². The van der Waals surface area contributed by atoms with E-state index in [0.29, 0.717) is 13.1 Å². The van der Waals surface area contributed by atoms with Gasteiger partial charge in [0.25, 0.3) is 0 Å². The summed E-state index contributed by atoms with van der Waals surface area (Å²) in [5.41, 5.74) is 3.80. The lowest BCUT2D eigenvalue weighted by Crippen LogP contribution is -2.54. The number of piperazine rings is 1. The zero-order chi connectivity index (χ0) is 22.1. The topological polar surface area (TPSA) is 79.2 Å². The Balaban J connectivity index is 1.54. The Labute approximate surface area is 178 Å². The molecule has 1 aliphatic rings. The third kappa shape index (κ3) is 5.30. The number of pyridine rings is 1. The minimum atomic E-state index is -0.615. The van der Waals surface area contributed by atoms with Gasteiger partial charge in [-0.2, -0.15) is 0 Å². The lowest BCUT2D eigenvalue weighted by molar-refractivity contribution is -0.134. The van der Waals surface area contributed by atoms with E-state index in [1.165, 1.54) is 11.3 Å². The summed E-state index contributed by atoms with van der Waals surface area (Å²) in [6.07, 6.45) is 1.50. The van der Waals surface area contributed by atoms with Crippen molar-refractivity contribution in [3.63, 3.8) is 0 Å². The second-order valence-electron chi connectivity index (χ2n) is 9.05. The monoisotopic (exact) mass is 415 g/mol. The zero-order valence-electron chi connectivity index (χ0n) is 18.9. The Morgan fingerprint density at radius 3 is 2.50 bits per heavy atom. The minimum absolute atomic E-state index is 0.0815. The van der Waals surface area contributed by atoms with Crippen LogP contribution in [-0.2, 0) is 16.1 Å². The van der Waals surface area contributed by atoms with E-state index in [1.807, 2.05) is 11.8 Å². The molecule has 1 unspecified atom stereocenters. The van der Waals surface area contributed by atoms with E-state index in [1.54, 1.807) is 27.7 Å². The highest BCUT2D eigenvalue weighted by atomic mass is 16.6. The van der Waals surface area contributed by atoms with E-state index in [2.05, 4.69) is 44.9 Å². The molecule has 2 amide bonds. The molecule has 3 rings (SSSR count). The molecular weight excluding hydrogens is 382 g/mol. The fraction of sp³-hybridized carbons (Fsp3) is 0.591. The molecule has 1 aliphatic heterocycles. The number of carbonyl (C=O) groups excluding carboxylic acids is 2. The molecule has 30 heavy (non-hydrogen) atoms. The SMILES string of the molecule is Cc1ccn2c(CN3CCN(C(=O)C(C)NC(=O)OC(C)(C)C)CC3)c(C)nc2c1. The van der Waals surface area contributed by atoms with Gasteiger partial charge >= 0.3 is 6.09 Å². The van der Waals surface area contributed by atoms with Crippen LogP contribution in [0.3, 0.4) is 0 Å². The summed E-state index contributed by atoms with van der Waals surface area (Å²) in [6.45, 7) is 14.8. The van der Waals surface area contributed by atoms with Crippen molar-refractivity contribution in [3.05, 3.63) is 35.3 Å². The van der Waals surface area contributed by atoms with Crippen molar-refractivity contribution >= 4 is 17.6 Å². The molecule has 8 nitrogen and oxygen atoms in total. The fourth-order valence-corrected chi connectivity index (χ4v) is 3.66. The molecule has 8 heteroatoms. The van der Waals surface area contributed by atoms with Gasteiger partial charge in [0.1, 0.15) is 17.3 Å². The van der Waals surface area contributed by atoms with Gasteiger partial charge in [0.05, 0.1) is 11.4 Å². The molecule has 0 spiro atoms. The Morgan fingerprint density at radius 1 is 1.20 bits per heavy atom. The lowest BCUT2D eigenvalue weighted by atomic mass is 10.2. The molecule has 0 radical (unpaired) electrons. The van der Waals surface area contributed by atoms with E-state index in [4.69, 9.17) is 4.74 Å². The number of aryl methyl sites for hydroxylation is 2. The molecule has 3 heterocycles. The molecule has 2 aromatic heterocycles. The molecule has 1 saturated heterocycles. The average molecular weight is 416 g/mol. The molecule has 1 fully saturated rings. The third-order valence-electron chi connectivity index (χ3n) is 5.24. The van der Waals surface area contributed by atoms with E-state index < -0.39 is 17.7 Å². The first kappa shape index (κ1) is 22.1. The van der Waals surface area contributed by atoms with E-state index >= 15 is 0 Å². The highest BCUT2D eigenvalue weighted by molar-refractivity contribution is 5.85. The average Bonchev–Trinajstić information content (AvgIpc) is 2.94. The number of imidazole rings is 1. The minimum Gasteiger partial charge on any atom is -0.444 e. The number of nitrogens with one attached hydrogen (secondary N) is 1. The van der Waals surface area contributed by atoms with Crippen molar-refractivity contribution in [2.45, 2.75) is 59.7 Å². The first-order valence-corrected chi connectivity index (χ1v) is 10.5. The summed E-state index contributed by atoms with van der Waals surface area (Å²) in [6, 6.07) is 3.56. The number of alkyl carbamates (subject to hydrolysis) is 1.